The van der Waals surface area contributed by atoms with Crippen molar-refractivity contribution in [2.45, 2.75) is 13.0 Å². The second-order valence-electron chi connectivity index (χ2n) is 3.43. The Balaban J connectivity index is 2.67. The summed E-state index contributed by atoms with van der Waals surface area (Å²) in [4.78, 5) is 3.53. The highest BCUT2D eigenvalue weighted by atomic mass is 35.5. The van der Waals surface area contributed by atoms with Crippen molar-refractivity contribution in [2.24, 2.45) is 0 Å². The van der Waals surface area contributed by atoms with Crippen LogP contribution in [0.2, 0.25) is 4.34 Å². The van der Waals surface area contributed by atoms with Crippen molar-refractivity contribution in [3.8, 4) is 0 Å². The third kappa shape index (κ3) is 3.24. The predicted octanol–water partition coefficient (Wildman–Crippen LogP) is 2.61. The number of nitrogens with one attached hydrogen (secondary N) is 1. The maximum absolute atomic E-state index is 5.92. The van der Waals surface area contributed by atoms with Gasteiger partial charge in [0.15, 0.2) is 0 Å². The third-order valence-corrected chi connectivity index (χ3v) is 3.47. The molecule has 1 heterocycles. The summed E-state index contributed by atoms with van der Waals surface area (Å²) in [5.41, 5.74) is 0. The molecule has 0 spiro atoms. The number of hydrogen-bond acceptors (Lipinski definition) is 3. The zero-order chi connectivity index (χ0) is 10.6. The Hall–Kier alpha value is -0.0900. The highest BCUT2D eigenvalue weighted by Gasteiger charge is 2.15. The van der Waals surface area contributed by atoms with Gasteiger partial charge < -0.3 is 10.2 Å². The molecule has 0 aliphatic carbocycles. The number of halogens is 1. The molecule has 1 unspecified atom stereocenters. The van der Waals surface area contributed by atoms with Gasteiger partial charge >= 0.3 is 0 Å². The van der Waals surface area contributed by atoms with Crippen LogP contribution in [0.15, 0.2) is 12.1 Å². The van der Waals surface area contributed by atoms with Crippen molar-refractivity contribution in [2.75, 3.05) is 27.2 Å². The summed E-state index contributed by atoms with van der Waals surface area (Å²) in [6.07, 6.45) is 0. The fourth-order valence-corrected chi connectivity index (χ4v) is 2.58. The molecule has 1 aromatic rings. The predicted molar refractivity (Wildman–Crippen MR) is 64.3 cm³/mol. The maximum atomic E-state index is 5.92. The lowest BCUT2D eigenvalue weighted by Crippen LogP contribution is -2.30. The lowest BCUT2D eigenvalue weighted by molar-refractivity contribution is 0.294. The molecule has 0 radical (unpaired) electrons. The molecule has 0 saturated heterocycles. The van der Waals surface area contributed by atoms with Crippen molar-refractivity contribution >= 4 is 22.9 Å². The van der Waals surface area contributed by atoms with E-state index in [0.29, 0.717) is 6.04 Å². The minimum atomic E-state index is 0.424. The Morgan fingerprint density at radius 2 is 2.21 bits per heavy atom. The van der Waals surface area contributed by atoms with Gasteiger partial charge in [0, 0.05) is 11.4 Å². The zero-order valence-electron chi connectivity index (χ0n) is 8.88. The summed E-state index contributed by atoms with van der Waals surface area (Å²) >= 11 is 7.58. The van der Waals surface area contributed by atoms with Gasteiger partial charge in [-0.05, 0) is 32.8 Å². The molecule has 4 heteroatoms. The topological polar surface area (TPSA) is 15.3 Å². The molecule has 0 bridgehead atoms. The molecule has 1 atom stereocenters. The summed E-state index contributed by atoms with van der Waals surface area (Å²) in [5, 5.41) is 3.36. The third-order valence-electron chi connectivity index (χ3n) is 2.13. The van der Waals surface area contributed by atoms with Crippen LogP contribution in [0.5, 0.6) is 0 Å². The van der Waals surface area contributed by atoms with Crippen LogP contribution >= 0.6 is 22.9 Å². The molecule has 14 heavy (non-hydrogen) atoms. The van der Waals surface area contributed by atoms with Gasteiger partial charge in [-0.25, -0.2) is 0 Å². The number of hydrogen-bond donors (Lipinski definition) is 1. The summed E-state index contributed by atoms with van der Waals surface area (Å²) in [6, 6.07) is 4.49. The van der Waals surface area contributed by atoms with Crippen LogP contribution in [0.4, 0.5) is 0 Å². The molecule has 0 aromatic carbocycles. The maximum Gasteiger partial charge on any atom is 0.0931 e. The van der Waals surface area contributed by atoms with Crippen LogP contribution in [0, 0.1) is 0 Å². The fraction of sp³-hybridized carbons (Fsp3) is 0.600. The second kappa shape index (κ2) is 5.71. The minimum absolute atomic E-state index is 0.424. The van der Waals surface area contributed by atoms with Gasteiger partial charge in [-0.3, -0.25) is 0 Å². The van der Waals surface area contributed by atoms with E-state index in [4.69, 9.17) is 11.6 Å². The van der Waals surface area contributed by atoms with Gasteiger partial charge in [-0.1, -0.05) is 18.5 Å². The average Bonchev–Trinajstić information content (AvgIpc) is 2.52. The van der Waals surface area contributed by atoms with Crippen LogP contribution in [-0.4, -0.2) is 32.1 Å². The largest absolute Gasteiger partial charge is 0.315 e. The van der Waals surface area contributed by atoms with Crippen molar-refractivity contribution in [1.29, 1.82) is 0 Å². The lowest BCUT2D eigenvalue weighted by atomic mass is 10.2. The molecular weight excluding hydrogens is 216 g/mol. The first-order chi connectivity index (χ1) is 6.65. The van der Waals surface area contributed by atoms with Crippen LogP contribution in [-0.2, 0) is 0 Å². The van der Waals surface area contributed by atoms with E-state index in [1.54, 1.807) is 11.3 Å². The Bertz CT molecular complexity index is 273. The van der Waals surface area contributed by atoms with Gasteiger partial charge in [-0.2, -0.15) is 0 Å². The summed E-state index contributed by atoms with van der Waals surface area (Å²) in [5.74, 6) is 0. The van der Waals surface area contributed by atoms with Crippen molar-refractivity contribution in [1.82, 2.24) is 10.2 Å². The Labute approximate surface area is 94.9 Å². The Kier molecular flexibility index (Phi) is 4.89. The van der Waals surface area contributed by atoms with E-state index < -0.39 is 0 Å². The molecule has 0 saturated carbocycles. The van der Waals surface area contributed by atoms with Gasteiger partial charge in [0.05, 0.1) is 10.4 Å². The van der Waals surface area contributed by atoms with Gasteiger partial charge in [0.2, 0.25) is 0 Å². The number of rotatable bonds is 5. The summed E-state index contributed by atoms with van der Waals surface area (Å²) < 4.78 is 0.864. The SMILES string of the molecule is CCNCC(c1ccc(Cl)s1)N(C)C. The molecule has 0 aliphatic heterocycles. The highest BCUT2D eigenvalue weighted by molar-refractivity contribution is 7.16. The van der Waals surface area contributed by atoms with Gasteiger partial charge in [-0.15, -0.1) is 11.3 Å². The summed E-state index contributed by atoms with van der Waals surface area (Å²) in [7, 11) is 4.19. The number of likely N-dealkylation sites (N-methyl/N-ethyl adjacent to an activating group) is 2. The number of thiophene rings is 1. The highest BCUT2D eigenvalue weighted by Crippen LogP contribution is 2.28. The first-order valence-corrected chi connectivity index (χ1v) is 5.97. The molecule has 1 aromatic heterocycles. The Morgan fingerprint density at radius 3 is 2.64 bits per heavy atom. The molecule has 80 valence electrons. The molecule has 0 fully saturated rings. The van der Waals surface area contributed by atoms with E-state index >= 15 is 0 Å². The quantitative estimate of drug-likeness (QED) is 0.840. The fourth-order valence-electron chi connectivity index (χ4n) is 1.33. The lowest BCUT2D eigenvalue weighted by Gasteiger charge is -2.23. The van der Waals surface area contributed by atoms with E-state index in [-0.39, 0.29) is 0 Å². The molecule has 2 nitrogen and oxygen atoms in total. The van der Waals surface area contributed by atoms with E-state index in [9.17, 15) is 0 Å². The van der Waals surface area contributed by atoms with E-state index in [1.165, 1.54) is 4.88 Å². The average molecular weight is 233 g/mol. The van der Waals surface area contributed by atoms with E-state index in [0.717, 1.165) is 17.4 Å². The standard InChI is InChI=1S/C10H17ClN2S/c1-4-12-7-8(13(2)3)9-5-6-10(11)14-9/h5-6,8,12H,4,7H2,1-3H3. The second-order valence-corrected chi connectivity index (χ2v) is 5.18. The Morgan fingerprint density at radius 1 is 1.50 bits per heavy atom. The molecular formula is C10H17ClN2S. The van der Waals surface area contributed by atoms with E-state index in [2.05, 4.69) is 37.3 Å². The van der Waals surface area contributed by atoms with Crippen LogP contribution in [0.1, 0.15) is 17.8 Å². The summed E-state index contributed by atoms with van der Waals surface area (Å²) in [6.45, 7) is 4.10. The van der Waals surface area contributed by atoms with Crippen molar-refractivity contribution < 1.29 is 0 Å². The molecule has 1 N–H and O–H groups in total. The molecule has 0 amide bonds. The normalized spacial score (nSPS) is 13.5. The van der Waals surface area contributed by atoms with Crippen molar-refractivity contribution in [3.05, 3.63) is 21.3 Å². The van der Waals surface area contributed by atoms with Crippen LogP contribution < -0.4 is 5.32 Å². The molecule has 1 rings (SSSR count). The van der Waals surface area contributed by atoms with Crippen LogP contribution in [0.3, 0.4) is 0 Å². The molecule has 0 aliphatic rings. The van der Waals surface area contributed by atoms with E-state index in [1.807, 2.05) is 6.07 Å². The van der Waals surface area contributed by atoms with Gasteiger partial charge in [0.25, 0.3) is 0 Å². The monoisotopic (exact) mass is 232 g/mol. The first kappa shape index (κ1) is 12.0. The number of nitrogens with zero attached hydrogens (tertiary/aromatic N) is 1. The smallest absolute Gasteiger partial charge is 0.0931 e. The van der Waals surface area contributed by atoms with Gasteiger partial charge in [0.1, 0.15) is 0 Å². The van der Waals surface area contributed by atoms with Crippen molar-refractivity contribution in [3.63, 3.8) is 0 Å². The zero-order valence-corrected chi connectivity index (χ0v) is 10.5. The van der Waals surface area contributed by atoms with Crippen LogP contribution in [0.25, 0.3) is 0 Å². The first-order valence-electron chi connectivity index (χ1n) is 4.77. The minimum Gasteiger partial charge on any atom is -0.315 e.